The summed E-state index contributed by atoms with van der Waals surface area (Å²) in [6.07, 6.45) is 5.28. The molecule has 0 aromatic rings. The van der Waals surface area contributed by atoms with Gasteiger partial charge in [0.25, 0.3) is 0 Å². The van der Waals surface area contributed by atoms with Gasteiger partial charge in [0, 0.05) is 12.1 Å². The first-order valence-corrected chi connectivity index (χ1v) is 7.73. The van der Waals surface area contributed by atoms with Crippen LogP contribution in [0.1, 0.15) is 74.1 Å². The van der Waals surface area contributed by atoms with Gasteiger partial charge in [0.05, 0.1) is 0 Å². The molecule has 0 heterocycles. The Balaban J connectivity index is 4.23. The summed E-state index contributed by atoms with van der Waals surface area (Å²) in [5.74, 6) is 2.44. The Kier molecular flexibility index (Phi) is 8.94. The van der Waals surface area contributed by atoms with Crippen molar-refractivity contribution < 1.29 is 0 Å². The van der Waals surface area contributed by atoms with Crippen LogP contribution >= 0.6 is 0 Å². The maximum Gasteiger partial charge on any atom is 0.00695 e. The average molecular weight is 241 g/mol. The lowest BCUT2D eigenvalue weighted by Crippen LogP contribution is -2.43. The molecule has 0 amide bonds. The van der Waals surface area contributed by atoms with Crippen molar-refractivity contribution in [2.45, 2.75) is 86.2 Å². The van der Waals surface area contributed by atoms with Crippen LogP contribution in [0, 0.1) is 17.8 Å². The van der Waals surface area contributed by atoms with Crippen LogP contribution in [0.15, 0.2) is 0 Å². The molecule has 104 valence electrons. The molecule has 5 atom stereocenters. The maximum absolute atomic E-state index is 3.80. The molecule has 0 aromatic heterocycles. The van der Waals surface area contributed by atoms with Crippen molar-refractivity contribution >= 4 is 0 Å². The zero-order valence-corrected chi connectivity index (χ0v) is 13.2. The van der Waals surface area contributed by atoms with E-state index in [0.717, 1.165) is 17.8 Å². The molecule has 0 saturated carbocycles. The minimum atomic E-state index is 0.635. The van der Waals surface area contributed by atoms with E-state index < -0.39 is 0 Å². The Morgan fingerprint density at radius 3 is 1.82 bits per heavy atom. The van der Waals surface area contributed by atoms with Gasteiger partial charge in [0.1, 0.15) is 0 Å². The molecule has 5 unspecified atom stereocenters. The molecule has 0 aliphatic heterocycles. The van der Waals surface area contributed by atoms with E-state index in [4.69, 9.17) is 0 Å². The van der Waals surface area contributed by atoms with Crippen LogP contribution < -0.4 is 5.32 Å². The molecule has 0 saturated heterocycles. The second-order valence-corrected chi connectivity index (χ2v) is 5.95. The SMILES string of the molecule is CCCC(CC)C(C)C(C)NC(C)C(C)CC. The van der Waals surface area contributed by atoms with Gasteiger partial charge >= 0.3 is 0 Å². The summed E-state index contributed by atoms with van der Waals surface area (Å²) in [6.45, 7) is 16.4. The summed E-state index contributed by atoms with van der Waals surface area (Å²) >= 11 is 0. The van der Waals surface area contributed by atoms with E-state index in [1.807, 2.05) is 0 Å². The third-order valence-electron chi connectivity index (χ3n) is 4.74. The van der Waals surface area contributed by atoms with Crippen molar-refractivity contribution in [2.75, 3.05) is 0 Å². The third kappa shape index (κ3) is 5.90. The first-order valence-electron chi connectivity index (χ1n) is 7.73. The minimum absolute atomic E-state index is 0.635. The van der Waals surface area contributed by atoms with Crippen molar-refractivity contribution in [1.82, 2.24) is 5.32 Å². The standard InChI is InChI=1S/C16H35N/c1-8-11-16(10-3)13(5)15(7)17-14(6)12(4)9-2/h12-17H,8-11H2,1-7H3. The molecule has 0 aliphatic carbocycles. The molecule has 1 N–H and O–H groups in total. The molecule has 0 aliphatic rings. The maximum atomic E-state index is 3.80. The van der Waals surface area contributed by atoms with Gasteiger partial charge in [-0.25, -0.2) is 0 Å². The normalized spacial score (nSPS) is 20.6. The van der Waals surface area contributed by atoms with Crippen LogP contribution in [0.2, 0.25) is 0 Å². The first kappa shape index (κ1) is 17.0. The Morgan fingerprint density at radius 1 is 0.824 bits per heavy atom. The summed E-state index contributed by atoms with van der Waals surface area (Å²) in [7, 11) is 0. The van der Waals surface area contributed by atoms with Gasteiger partial charge in [-0.15, -0.1) is 0 Å². The summed E-state index contributed by atoms with van der Waals surface area (Å²) in [5, 5.41) is 3.80. The molecular formula is C16H35N. The van der Waals surface area contributed by atoms with Gasteiger partial charge < -0.3 is 5.32 Å². The quantitative estimate of drug-likeness (QED) is 0.608. The molecular weight excluding hydrogens is 206 g/mol. The van der Waals surface area contributed by atoms with E-state index in [-0.39, 0.29) is 0 Å². The fraction of sp³-hybridized carbons (Fsp3) is 1.00. The van der Waals surface area contributed by atoms with Crippen LogP contribution in [-0.2, 0) is 0 Å². The van der Waals surface area contributed by atoms with Crippen LogP contribution in [0.3, 0.4) is 0 Å². The van der Waals surface area contributed by atoms with E-state index >= 15 is 0 Å². The number of hydrogen-bond donors (Lipinski definition) is 1. The van der Waals surface area contributed by atoms with Crippen molar-refractivity contribution in [3.63, 3.8) is 0 Å². The topological polar surface area (TPSA) is 12.0 Å². The Hall–Kier alpha value is -0.0400. The lowest BCUT2D eigenvalue weighted by molar-refractivity contribution is 0.229. The highest BCUT2D eigenvalue weighted by Gasteiger charge is 2.22. The molecule has 1 nitrogen and oxygen atoms in total. The predicted octanol–water partition coefficient (Wildman–Crippen LogP) is 4.86. The van der Waals surface area contributed by atoms with Crippen molar-refractivity contribution in [1.29, 1.82) is 0 Å². The summed E-state index contributed by atoms with van der Waals surface area (Å²) < 4.78 is 0. The second-order valence-electron chi connectivity index (χ2n) is 5.95. The number of hydrogen-bond acceptors (Lipinski definition) is 1. The van der Waals surface area contributed by atoms with Crippen LogP contribution in [-0.4, -0.2) is 12.1 Å². The average Bonchev–Trinajstić information content (AvgIpc) is 2.33. The summed E-state index contributed by atoms with van der Waals surface area (Å²) in [4.78, 5) is 0. The Bertz CT molecular complexity index is 178. The third-order valence-corrected chi connectivity index (χ3v) is 4.74. The smallest absolute Gasteiger partial charge is 0.00695 e. The van der Waals surface area contributed by atoms with Gasteiger partial charge in [-0.2, -0.15) is 0 Å². The molecule has 17 heavy (non-hydrogen) atoms. The van der Waals surface area contributed by atoms with E-state index in [1.165, 1.54) is 25.7 Å². The first-order chi connectivity index (χ1) is 7.97. The molecule has 0 rings (SSSR count). The summed E-state index contributed by atoms with van der Waals surface area (Å²) in [6, 6.07) is 1.27. The fourth-order valence-electron chi connectivity index (χ4n) is 2.70. The van der Waals surface area contributed by atoms with Gasteiger partial charge in [-0.3, -0.25) is 0 Å². The van der Waals surface area contributed by atoms with E-state index in [2.05, 4.69) is 53.8 Å². The lowest BCUT2D eigenvalue weighted by atomic mass is 9.83. The highest BCUT2D eigenvalue weighted by atomic mass is 14.9. The molecule has 0 fully saturated rings. The molecule has 0 spiro atoms. The molecule has 0 aromatic carbocycles. The minimum Gasteiger partial charge on any atom is -0.311 e. The van der Waals surface area contributed by atoms with Gasteiger partial charge in [-0.05, 0) is 31.6 Å². The number of rotatable bonds is 9. The Morgan fingerprint density at radius 2 is 1.41 bits per heavy atom. The van der Waals surface area contributed by atoms with E-state index in [9.17, 15) is 0 Å². The monoisotopic (exact) mass is 241 g/mol. The summed E-state index contributed by atoms with van der Waals surface area (Å²) in [5.41, 5.74) is 0. The van der Waals surface area contributed by atoms with Crippen molar-refractivity contribution in [3.8, 4) is 0 Å². The van der Waals surface area contributed by atoms with Gasteiger partial charge in [-0.1, -0.05) is 60.3 Å². The van der Waals surface area contributed by atoms with Gasteiger partial charge in [0.2, 0.25) is 0 Å². The van der Waals surface area contributed by atoms with Gasteiger partial charge in [0.15, 0.2) is 0 Å². The van der Waals surface area contributed by atoms with Crippen molar-refractivity contribution in [3.05, 3.63) is 0 Å². The van der Waals surface area contributed by atoms with E-state index in [0.29, 0.717) is 12.1 Å². The highest BCUT2D eigenvalue weighted by Crippen LogP contribution is 2.24. The van der Waals surface area contributed by atoms with Crippen LogP contribution in [0.25, 0.3) is 0 Å². The molecule has 1 heteroatoms. The zero-order chi connectivity index (χ0) is 13.4. The fourth-order valence-corrected chi connectivity index (χ4v) is 2.70. The van der Waals surface area contributed by atoms with Crippen molar-refractivity contribution in [2.24, 2.45) is 17.8 Å². The lowest BCUT2D eigenvalue weighted by Gasteiger charge is -2.32. The molecule has 0 bridgehead atoms. The highest BCUT2D eigenvalue weighted by molar-refractivity contribution is 4.79. The largest absolute Gasteiger partial charge is 0.311 e. The van der Waals surface area contributed by atoms with E-state index in [1.54, 1.807) is 0 Å². The molecule has 0 radical (unpaired) electrons. The zero-order valence-electron chi connectivity index (χ0n) is 13.2. The van der Waals surface area contributed by atoms with Crippen LogP contribution in [0.5, 0.6) is 0 Å². The predicted molar refractivity (Wildman–Crippen MR) is 79.4 cm³/mol. The second kappa shape index (κ2) is 8.97. The number of nitrogens with one attached hydrogen (secondary N) is 1. The van der Waals surface area contributed by atoms with Crippen LogP contribution in [0.4, 0.5) is 0 Å². The Labute approximate surface area is 110 Å².